The molecule has 3 nitrogen and oxygen atoms in total. The highest BCUT2D eigenvalue weighted by Crippen LogP contribution is 2.19. The molecule has 3 heteroatoms. The molecule has 27 heavy (non-hydrogen) atoms. The summed E-state index contributed by atoms with van der Waals surface area (Å²) in [5.41, 5.74) is 3.05. The van der Waals surface area contributed by atoms with Crippen LogP contribution in [0.1, 0.15) is 34.1 Å². The second-order valence-corrected chi connectivity index (χ2v) is 6.59. The van der Waals surface area contributed by atoms with Crippen molar-refractivity contribution in [1.29, 1.82) is 0 Å². The van der Waals surface area contributed by atoms with Gasteiger partial charge in [-0.3, -0.25) is 4.79 Å². The number of esters is 1. The molecule has 0 bridgehead atoms. The molecule has 0 N–H and O–H groups in total. The molecule has 0 rings (SSSR count). The lowest BCUT2D eigenvalue weighted by Crippen LogP contribution is -2.06. The number of rotatable bonds is 12. The number of carbonyl (C=O) groups is 1. The molecule has 2 unspecified atom stereocenters. The SMILES string of the molecule is C=C(/C=C\C(=C)C(C)/C=C\C(C)CC)C(=C)/C=C(/COC(C)=O)C(=C)OC. The van der Waals surface area contributed by atoms with Crippen LogP contribution in [-0.4, -0.2) is 19.7 Å². The van der Waals surface area contributed by atoms with Crippen LogP contribution < -0.4 is 0 Å². The van der Waals surface area contributed by atoms with E-state index in [1.807, 2.05) is 12.2 Å². The molecule has 0 aliphatic carbocycles. The monoisotopic (exact) mass is 370 g/mol. The average molecular weight is 371 g/mol. The molecule has 0 heterocycles. The van der Waals surface area contributed by atoms with Crippen LogP contribution in [0.15, 0.2) is 84.7 Å². The number of hydrogen-bond donors (Lipinski definition) is 0. The van der Waals surface area contributed by atoms with E-state index in [-0.39, 0.29) is 18.5 Å². The summed E-state index contributed by atoms with van der Waals surface area (Å²) in [5.74, 6) is 0.862. The molecule has 0 aromatic heterocycles. The third kappa shape index (κ3) is 10.2. The molecule has 0 spiro atoms. The molecule has 0 aliphatic rings. The van der Waals surface area contributed by atoms with Gasteiger partial charge >= 0.3 is 5.97 Å². The first-order chi connectivity index (χ1) is 12.6. The van der Waals surface area contributed by atoms with Crippen LogP contribution in [0.4, 0.5) is 0 Å². The molecular weight excluding hydrogens is 336 g/mol. The van der Waals surface area contributed by atoms with Crippen LogP contribution in [0, 0.1) is 11.8 Å². The maximum absolute atomic E-state index is 11.0. The summed E-state index contributed by atoms with van der Waals surface area (Å²) in [6.45, 7) is 23.9. The van der Waals surface area contributed by atoms with Gasteiger partial charge in [-0.25, -0.2) is 0 Å². The summed E-state index contributed by atoms with van der Waals surface area (Å²) in [7, 11) is 1.51. The van der Waals surface area contributed by atoms with Crippen LogP contribution in [-0.2, 0) is 14.3 Å². The summed E-state index contributed by atoms with van der Waals surface area (Å²) in [5, 5.41) is 0. The van der Waals surface area contributed by atoms with E-state index < -0.39 is 0 Å². The van der Waals surface area contributed by atoms with Gasteiger partial charge in [0, 0.05) is 12.5 Å². The molecule has 0 aromatic carbocycles. The Hall–Kier alpha value is -2.55. The van der Waals surface area contributed by atoms with E-state index in [0.717, 1.165) is 17.6 Å². The summed E-state index contributed by atoms with van der Waals surface area (Å²) in [4.78, 5) is 11.0. The summed E-state index contributed by atoms with van der Waals surface area (Å²) >= 11 is 0. The number of allylic oxidation sites excluding steroid dienone is 8. The van der Waals surface area contributed by atoms with E-state index in [2.05, 4.69) is 59.2 Å². The number of ether oxygens (including phenoxy) is 2. The summed E-state index contributed by atoms with van der Waals surface area (Å²) in [6, 6.07) is 0. The smallest absolute Gasteiger partial charge is 0.302 e. The van der Waals surface area contributed by atoms with Gasteiger partial charge in [-0.1, -0.05) is 77.8 Å². The summed E-state index contributed by atoms with van der Waals surface area (Å²) < 4.78 is 10.2. The van der Waals surface area contributed by atoms with Crippen LogP contribution in [0.3, 0.4) is 0 Å². The molecule has 0 radical (unpaired) electrons. The fourth-order valence-electron chi connectivity index (χ4n) is 1.90. The largest absolute Gasteiger partial charge is 0.497 e. The van der Waals surface area contributed by atoms with Crippen molar-refractivity contribution in [1.82, 2.24) is 0 Å². The van der Waals surface area contributed by atoms with Crippen molar-refractivity contribution < 1.29 is 14.3 Å². The third-order valence-corrected chi connectivity index (χ3v) is 4.25. The molecule has 0 amide bonds. The molecule has 0 aromatic rings. The Morgan fingerprint density at radius 2 is 1.67 bits per heavy atom. The first-order valence-corrected chi connectivity index (χ1v) is 9.12. The quantitative estimate of drug-likeness (QED) is 0.180. The van der Waals surface area contributed by atoms with Gasteiger partial charge in [-0.15, -0.1) is 0 Å². The van der Waals surface area contributed by atoms with Gasteiger partial charge < -0.3 is 9.47 Å². The third-order valence-electron chi connectivity index (χ3n) is 4.25. The van der Waals surface area contributed by atoms with E-state index >= 15 is 0 Å². The minimum absolute atomic E-state index is 0.0716. The predicted octanol–water partition coefficient (Wildman–Crippen LogP) is 6.10. The minimum Gasteiger partial charge on any atom is -0.497 e. The Morgan fingerprint density at radius 3 is 2.19 bits per heavy atom. The van der Waals surface area contributed by atoms with Crippen molar-refractivity contribution in [3.05, 3.63) is 84.7 Å². The van der Waals surface area contributed by atoms with Gasteiger partial charge in [-0.05, 0) is 34.6 Å². The van der Waals surface area contributed by atoms with Crippen molar-refractivity contribution in [3.63, 3.8) is 0 Å². The highest BCUT2D eigenvalue weighted by molar-refractivity contribution is 5.66. The van der Waals surface area contributed by atoms with Crippen molar-refractivity contribution in [2.75, 3.05) is 13.7 Å². The zero-order chi connectivity index (χ0) is 21.0. The lowest BCUT2D eigenvalue weighted by Gasteiger charge is -2.11. The normalized spacial score (nSPS) is 14.0. The Labute approximate surface area is 165 Å². The Morgan fingerprint density at radius 1 is 1.04 bits per heavy atom. The molecule has 0 saturated heterocycles. The Bertz CT molecular complexity index is 659. The van der Waals surface area contributed by atoms with Crippen LogP contribution >= 0.6 is 0 Å². The van der Waals surface area contributed by atoms with Crippen molar-refractivity contribution in [2.45, 2.75) is 34.1 Å². The van der Waals surface area contributed by atoms with Gasteiger partial charge in [-0.2, -0.15) is 0 Å². The number of hydrogen-bond acceptors (Lipinski definition) is 3. The maximum Gasteiger partial charge on any atom is 0.302 e. The van der Waals surface area contributed by atoms with Gasteiger partial charge in [0.1, 0.15) is 12.4 Å². The molecule has 148 valence electrons. The molecule has 2 atom stereocenters. The first kappa shape index (κ1) is 24.5. The second-order valence-electron chi connectivity index (χ2n) is 6.59. The van der Waals surface area contributed by atoms with Crippen molar-refractivity contribution in [2.24, 2.45) is 11.8 Å². The van der Waals surface area contributed by atoms with E-state index in [9.17, 15) is 4.79 Å². The first-order valence-electron chi connectivity index (χ1n) is 9.12. The molecule has 0 fully saturated rings. The Kier molecular flexibility index (Phi) is 11.5. The van der Waals surface area contributed by atoms with Crippen LogP contribution in [0.25, 0.3) is 0 Å². The molecule has 0 saturated carbocycles. The average Bonchev–Trinajstić information content (AvgIpc) is 2.65. The van der Waals surface area contributed by atoms with E-state index in [4.69, 9.17) is 9.47 Å². The Balaban J connectivity index is 5.04. The minimum atomic E-state index is -0.370. The van der Waals surface area contributed by atoms with Gasteiger partial charge in [0.2, 0.25) is 0 Å². The second kappa shape index (κ2) is 12.7. The predicted molar refractivity (Wildman–Crippen MR) is 115 cm³/mol. The van der Waals surface area contributed by atoms with Crippen LogP contribution in [0.2, 0.25) is 0 Å². The highest BCUT2D eigenvalue weighted by Gasteiger charge is 2.07. The van der Waals surface area contributed by atoms with Gasteiger partial charge in [0.05, 0.1) is 7.11 Å². The maximum atomic E-state index is 11.0. The lowest BCUT2D eigenvalue weighted by molar-refractivity contribution is -0.139. The standard InChI is InChI=1S/C24H34O3/c1-10-17(2)11-12-18(3)19(4)13-14-20(5)21(6)15-24(22(7)26-9)16-27-23(8)25/h11-15,17-18H,4-7,10,16H2,1-3,8-9H3/b12-11-,14-13-,24-15-. The fraction of sp³-hybridized carbons (Fsp3) is 0.375. The zero-order valence-electron chi connectivity index (χ0n) is 17.5. The molecule has 0 aliphatic heterocycles. The fourth-order valence-corrected chi connectivity index (χ4v) is 1.90. The number of methoxy groups -OCH3 is 1. The van der Waals surface area contributed by atoms with Crippen LogP contribution in [0.5, 0.6) is 0 Å². The summed E-state index contributed by atoms with van der Waals surface area (Å²) in [6.07, 6.45) is 11.1. The van der Waals surface area contributed by atoms with Crippen molar-refractivity contribution in [3.8, 4) is 0 Å². The van der Waals surface area contributed by atoms with E-state index in [1.54, 1.807) is 6.08 Å². The van der Waals surface area contributed by atoms with E-state index in [1.165, 1.54) is 14.0 Å². The van der Waals surface area contributed by atoms with Gasteiger partial charge in [0.15, 0.2) is 0 Å². The van der Waals surface area contributed by atoms with Crippen molar-refractivity contribution >= 4 is 5.97 Å². The zero-order valence-corrected chi connectivity index (χ0v) is 17.5. The lowest BCUT2D eigenvalue weighted by atomic mass is 9.97. The molecular formula is C24H34O3. The number of carbonyl (C=O) groups excluding carboxylic acids is 1. The van der Waals surface area contributed by atoms with Gasteiger partial charge in [0.25, 0.3) is 0 Å². The highest BCUT2D eigenvalue weighted by atomic mass is 16.5. The topological polar surface area (TPSA) is 35.5 Å². The van der Waals surface area contributed by atoms with E-state index in [0.29, 0.717) is 22.8 Å².